The summed E-state index contributed by atoms with van der Waals surface area (Å²) in [4.78, 5) is 28.5. The minimum atomic E-state index is 0.0684. The predicted octanol–water partition coefficient (Wildman–Crippen LogP) is 0.452. The van der Waals surface area contributed by atoms with Crippen molar-refractivity contribution >= 4 is 11.8 Å². The molecule has 0 aromatic heterocycles. The number of hydrogen-bond acceptors (Lipinski definition) is 5. The van der Waals surface area contributed by atoms with Gasteiger partial charge in [-0.15, -0.1) is 0 Å². The Morgan fingerprint density at radius 3 is 2.12 bits per heavy atom. The first-order valence-electron chi connectivity index (χ1n) is 10.1. The summed E-state index contributed by atoms with van der Waals surface area (Å²) in [5.74, 6) is 1.01. The molecule has 1 aliphatic heterocycles. The minimum Gasteiger partial charge on any atom is -0.385 e. The summed E-state index contributed by atoms with van der Waals surface area (Å²) in [6, 6.07) is 0.363. The van der Waals surface area contributed by atoms with Crippen molar-refractivity contribution in [3.8, 4) is 0 Å². The molecule has 2 N–H and O–H groups in total. The number of methoxy groups -OCH3 is 1. The minimum absolute atomic E-state index is 0.0684. The molecule has 0 aromatic rings. The lowest BCUT2D eigenvalue weighted by Crippen LogP contribution is -2.52. The van der Waals surface area contributed by atoms with Gasteiger partial charge in [0.2, 0.25) is 11.8 Å². The number of nitrogens with one attached hydrogen (secondary N) is 2. The van der Waals surface area contributed by atoms with Crippen molar-refractivity contribution in [2.24, 2.45) is 5.92 Å². The van der Waals surface area contributed by atoms with Crippen molar-refractivity contribution in [2.45, 2.75) is 45.1 Å². The predicted molar refractivity (Wildman–Crippen MR) is 102 cm³/mol. The molecular weight excluding hydrogens is 332 g/mol. The van der Waals surface area contributed by atoms with Gasteiger partial charge >= 0.3 is 0 Å². The van der Waals surface area contributed by atoms with Gasteiger partial charge in [-0.2, -0.15) is 0 Å². The standard InChI is InChI=1S/C19H36N4O3/c1-16-4-6-17(7-5-16)21-19(25)15-23-11-9-22(10-12-23)14-18(24)20-8-3-13-26-2/h16-17H,3-15H2,1-2H3,(H,20,24)(H,21,25). The molecule has 0 aromatic carbocycles. The molecule has 2 fully saturated rings. The average Bonchev–Trinajstić information content (AvgIpc) is 2.62. The Morgan fingerprint density at radius 1 is 0.962 bits per heavy atom. The van der Waals surface area contributed by atoms with E-state index in [1.54, 1.807) is 7.11 Å². The SMILES string of the molecule is COCCCNC(=O)CN1CCN(CC(=O)NC2CCC(C)CC2)CC1. The van der Waals surface area contributed by atoms with Gasteiger partial charge < -0.3 is 15.4 Å². The van der Waals surface area contributed by atoms with Gasteiger partial charge in [0.15, 0.2) is 0 Å². The van der Waals surface area contributed by atoms with Crippen LogP contribution >= 0.6 is 0 Å². The van der Waals surface area contributed by atoms with E-state index in [0.717, 1.165) is 51.4 Å². The van der Waals surface area contributed by atoms with E-state index in [9.17, 15) is 9.59 Å². The van der Waals surface area contributed by atoms with Crippen LogP contribution in [0.15, 0.2) is 0 Å². The van der Waals surface area contributed by atoms with E-state index in [0.29, 0.717) is 32.3 Å². The van der Waals surface area contributed by atoms with Crippen LogP contribution < -0.4 is 10.6 Å². The Bertz CT molecular complexity index is 431. The molecule has 2 amide bonds. The number of piperazine rings is 1. The van der Waals surface area contributed by atoms with Crippen molar-refractivity contribution in [1.82, 2.24) is 20.4 Å². The number of carbonyl (C=O) groups excluding carboxylic acids is 2. The maximum Gasteiger partial charge on any atom is 0.234 e. The highest BCUT2D eigenvalue weighted by Crippen LogP contribution is 2.23. The van der Waals surface area contributed by atoms with Crippen LogP contribution in [0.1, 0.15) is 39.0 Å². The van der Waals surface area contributed by atoms with Gasteiger partial charge in [-0.05, 0) is 38.0 Å². The summed E-state index contributed by atoms with van der Waals surface area (Å²) in [7, 11) is 1.66. The normalized spacial score (nSPS) is 25.0. The van der Waals surface area contributed by atoms with E-state index in [1.807, 2.05) is 0 Å². The molecule has 1 heterocycles. The molecule has 0 atom stereocenters. The Hall–Kier alpha value is -1.18. The van der Waals surface area contributed by atoms with Gasteiger partial charge in [0.25, 0.3) is 0 Å². The molecule has 150 valence electrons. The first-order valence-corrected chi connectivity index (χ1v) is 10.1. The molecule has 0 unspecified atom stereocenters. The summed E-state index contributed by atoms with van der Waals surface area (Å²) in [6.07, 6.45) is 5.50. The highest BCUT2D eigenvalue weighted by Gasteiger charge is 2.23. The molecule has 1 saturated carbocycles. The van der Waals surface area contributed by atoms with Crippen LogP contribution in [0.5, 0.6) is 0 Å². The lowest BCUT2D eigenvalue weighted by Gasteiger charge is -2.34. The van der Waals surface area contributed by atoms with E-state index in [-0.39, 0.29) is 11.8 Å². The lowest BCUT2D eigenvalue weighted by atomic mass is 9.87. The smallest absolute Gasteiger partial charge is 0.234 e. The summed E-state index contributed by atoms with van der Waals surface area (Å²) >= 11 is 0. The van der Waals surface area contributed by atoms with Gasteiger partial charge in [-0.3, -0.25) is 19.4 Å². The van der Waals surface area contributed by atoms with E-state index < -0.39 is 0 Å². The highest BCUT2D eigenvalue weighted by molar-refractivity contribution is 5.78. The second-order valence-electron chi connectivity index (χ2n) is 7.77. The molecule has 0 radical (unpaired) electrons. The van der Waals surface area contributed by atoms with E-state index in [1.165, 1.54) is 12.8 Å². The molecule has 2 aliphatic rings. The fourth-order valence-electron chi connectivity index (χ4n) is 3.69. The fourth-order valence-corrected chi connectivity index (χ4v) is 3.69. The zero-order chi connectivity index (χ0) is 18.8. The highest BCUT2D eigenvalue weighted by atomic mass is 16.5. The molecule has 0 bridgehead atoms. The third-order valence-corrected chi connectivity index (χ3v) is 5.43. The monoisotopic (exact) mass is 368 g/mol. The van der Waals surface area contributed by atoms with Gasteiger partial charge in [0.05, 0.1) is 13.1 Å². The summed E-state index contributed by atoms with van der Waals surface area (Å²) < 4.78 is 4.97. The Balaban J connectivity index is 1.56. The van der Waals surface area contributed by atoms with Gasteiger partial charge in [-0.1, -0.05) is 6.92 Å². The Morgan fingerprint density at radius 2 is 1.54 bits per heavy atom. The second-order valence-corrected chi connectivity index (χ2v) is 7.77. The second kappa shape index (κ2) is 11.5. The maximum absolute atomic E-state index is 12.3. The first-order chi connectivity index (χ1) is 12.6. The van der Waals surface area contributed by atoms with E-state index in [4.69, 9.17) is 4.74 Å². The number of amides is 2. The molecular formula is C19H36N4O3. The molecule has 7 nitrogen and oxygen atoms in total. The Kier molecular flexibility index (Phi) is 9.36. The number of carbonyl (C=O) groups is 2. The zero-order valence-electron chi connectivity index (χ0n) is 16.5. The molecule has 2 rings (SSSR count). The Labute approximate surface area is 157 Å². The zero-order valence-corrected chi connectivity index (χ0v) is 16.5. The van der Waals surface area contributed by atoms with Crippen molar-refractivity contribution in [2.75, 3.05) is 59.5 Å². The van der Waals surface area contributed by atoms with Crippen molar-refractivity contribution in [3.05, 3.63) is 0 Å². The van der Waals surface area contributed by atoms with Crippen LogP contribution in [-0.2, 0) is 14.3 Å². The number of nitrogens with zero attached hydrogens (tertiary/aromatic N) is 2. The molecule has 7 heteroatoms. The summed E-state index contributed by atoms with van der Waals surface area (Å²) in [5.41, 5.74) is 0. The van der Waals surface area contributed by atoms with Gasteiger partial charge in [0.1, 0.15) is 0 Å². The fraction of sp³-hybridized carbons (Fsp3) is 0.895. The lowest BCUT2D eigenvalue weighted by molar-refractivity contribution is -0.125. The number of hydrogen-bond donors (Lipinski definition) is 2. The van der Waals surface area contributed by atoms with Gasteiger partial charge in [-0.25, -0.2) is 0 Å². The molecule has 1 aliphatic carbocycles. The van der Waals surface area contributed by atoms with Crippen molar-refractivity contribution < 1.29 is 14.3 Å². The summed E-state index contributed by atoms with van der Waals surface area (Å²) in [5, 5.41) is 6.11. The molecule has 26 heavy (non-hydrogen) atoms. The largest absolute Gasteiger partial charge is 0.385 e. The van der Waals surface area contributed by atoms with Crippen molar-refractivity contribution in [3.63, 3.8) is 0 Å². The average molecular weight is 369 g/mol. The van der Waals surface area contributed by atoms with Crippen molar-refractivity contribution in [1.29, 1.82) is 0 Å². The third kappa shape index (κ3) is 8.01. The quantitative estimate of drug-likeness (QED) is 0.578. The number of ether oxygens (including phenoxy) is 1. The van der Waals surface area contributed by atoms with Gasteiger partial charge in [0, 0.05) is 52.5 Å². The van der Waals surface area contributed by atoms with Crippen LogP contribution in [0, 0.1) is 5.92 Å². The first kappa shape index (κ1) is 21.1. The molecule has 0 spiro atoms. The van der Waals surface area contributed by atoms with Crippen LogP contribution in [0.4, 0.5) is 0 Å². The third-order valence-electron chi connectivity index (χ3n) is 5.43. The van der Waals surface area contributed by atoms with E-state index in [2.05, 4.69) is 27.4 Å². The van der Waals surface area contributed by atoms with Crippen LogP contribution in [0.3, 0.4) is 0 Å². The van der Waals surface area contributed by atoms with Crippen LogP contribution in [0.25, 0.3) is 0 Å². The maximum atomic E-state index is 12.3. The van der Waals surface area contributed by atoms with Crippen LogP contribution in [0.2, 0.25) is 0 Å². The topological polar surface area (TPSA) is 73.9 Å². The number of rotatable bonds is 9. The van der Waals surface area contributed by atoms with Crippen LogP contribution in [-0.4, -0.2) is 87.2 Å². The molecule has 1 saturated heterocycles. The summed E-state index contributed by atoms with van der Waals surface area (Å²) in [6.45, 7) is 7.87. The van der Waals surface area contributed by atoms with E-state index >= 15 is 0 Å².